The first-order valence-corrected chi connectivity index (χ1v) is 12.9. The Hall–Kier alpha value is -3.64. The Morgan fingerprint density at radius 1 is 1.14 bits per heavy atom. The van der Waals surface area contributed by atoms with Crippen LogP contribution in [-0.4, -0.2) is 23.4 Å². The van der Waals surface area contributed by atoms with Crippen LogP contribution in [0.15, 0.2) is 71.0 Å². The average molecular weight is 518 g/mol. The molecule has 0 fully saturated rings. The molecule has 0 saturated carbocycles. The lowest BCUT2D eigenvalue weighted by molar-refractivity contribution is 0.0999. The first-order chi connectivity index (χ1) is 17.8. The summed E-state index contributed by atoms with van der Waals surface area (Å²) in [6.07, 6.45) is 6.09. The number of aryl methyl sites for hydroxylation is 1. The van der Waals surface area contributed by atoms with Crippen LogP contribution in [0.4, 0.5) is 5.69 Å². The Labute approximate surface area is 222 Å². The number of para-hydroxylation sites is 1. The number of fused-ring (bicyclic) bond motifs is 1. The molecule has 0 aliphatic carbocycles. The molecule has 0 spiro atoms. The molecule has 0 atom stereocenters. The number of anilines is 1. The Morgan fingerprint density at radius 3 is 2.65 bits per heavy atom. The van der Waals surface area contributed by atoms with E-state index < -0.39 is 0 Å². The van der Waals surface area contributed by atoms with Gasteiger partial charge in [-0.05, 0) is 74.9 Å². The smallest absolute Gasteiger partial charge is 0.265 e. The van der Waals surface area contributed by atoms with Crippen molar-refractivity contribution >= 4 is 29.0 Å². The Kier molecular flexibility index (Phi) is 8.29. The van der Waals surface area contributed by atoms with Gasteiger partial charge in [0.05, 0.1) is 23.4 Å². The van der Waals surface area contributed by atoms with Crippen molar-refractivity contribution in [3.63, 3.8) is 0 Å². The number of aromatic nitrogens is 1. The number of amidine groups is 1. The number of halogens is 1. The molecule has 3 aromatic rings. The largest absolute Gasteiger partial charge is 0.497 e. The van der Waals surface area contributed by atoms with Crippen LogP contribution in [0.1, 0.15) is 53.4 Å². The number of hydrogen-bond donors (Lipinski definition) is 1. The molecule has 0 bridgehead atoms. The Morgan fingerprint density at radius 2 is 1.92 bits per heavy atom. The summed E-state index contributed by atoms with van der Waals surface area (Å²) in [6, 6.07) is 16.6. The van der Waals surface area contributed by atoms with Gasteiger partial charge in [-0.15, -0.1) is 0 Å². The summed E-state index contributed by atoms with van der Waals surface area (Å²) in [5, 5.41) is 8.76. The van der Waals surface area contributed by atoms with Crippen LogP contribution in [0.25, 0.3) is 0 Å². The highest BCUT2D eigenvalue weighted by molar-refractivity contribution is 6.36. The van der Waals surface area contributed by atoms with Crippen molar-refractivity contribution in [1.82, 2.24) is 4.57 Å². The van der Waals surface area contributed by atoms with E-state index >= 15 is 0 Å². The topological polar surface area (TPSA) is 75.4 Å². The molecule has 0 saturated heterocycles. The second kappa shape index (κ2) is 11.6. The third-order valence-corrected chi connectivity index (χ3v) is 7.06. The monoisotopic (exact) mass is 517 g/mol. The van der Waals surface area contributed by atoms with Crippen molar-refractivity contribution in [2.75, 3.05) is 12.0 Å². The summed E-state index contributed by atoms with van der Waals surface area (Å²) in [4.78, 5) is 28.4. The van der Waals surface area contributed by atoms with Gasteiger partial charge >= 0.3 is 0 Å². The van der Waals surface area contributed by atoms with Gasteiger partial charge in [0.1, 0.15) is 11.6 Å². The minimum Gasteiger partial charge on any atom is -0.497 e. The van der Waals surface area contributed by atoms with E-state index in [9.17, 15) is 9.59 Å². The lowest BCUT2D eigenvalue weighted by Gasteiger charge is -2.25. The molecule has 37 heavy (non-hydrogen) atoms. The fourth-order valence-corrected chi connectivity index (χ4v) is 5.16. The van der Waals surface area contributed by atoms with Crippen molar-refractivity contribution < 1.29 is 9.53 Å². The summed E-state index contributed by atoms with van der Waals surface area (Å²) in [5.41, 5.74) is 4.49. The number of benzene rings is 2. The van der Waals surface area contributed by atoms with Gasteiger partial charge < -0.3 is 9.30 Å². The van der Waals surface area contributed by atoms with E-state index in [0.29, 0.717) is 40.5 Å². The standard InChI is InChI=1S/C30H32ClN3O3/c1-20-17-28(35)33-16-7-6-9-22(18-23-10-8-11-24(19-23)37-3)14-15-27(33)29(20)30(36)34(21(2)32)26-13-5-4-12-25(26)31/h4-5,8,10-14,17,19,32H,6-7,9,15-16,18H2,1-3H3. The van der Waals surface area contributed by atoms with Crippen LogP contribution in [0.3, 0.4) is 0 Å². The molecular weight excluding hydrogens is 486 g/mol. The SMILES string of the molecule is COc1cccc(CC2=CCc3c(C(=O)N(C(C)=N)c4ccccc4Cl)c(C)cc(=O)n3CCCC2)c1. The first-order valence-electron chi connectivity index (χ1n) is 12.5. The maximum Gasteiger partial charge on any atom is 0.265 e. The zero-order valence-electron chi connectivity index (χ0n) is 21.5. The fourth-order valence-electron chi connectivity index (χ4n) is 4.94. The molecule has 192 valence electrons. The molecular formula is C30H32ClN3O3. The minimum absolute atomic E-state index is 0.0553. The van der Waals surface area contributed by atoms with Gasteiger partial charge in [-0.3, -0.25) is 19.9 Å². The zero-order chi connectivity index (χ0) is 26.5. The Balaban J connectivity index is 1.78. The van der Waals surface area contributed by atoms with Crippen molar-refractivity contribution in [1.29, 1.82) is 5.41 Å². The number of amides is 1. The number of carbonyl (C=O) groups is 1. The van der Waals surface area contributed by atoms with Gasteiger partial charge in [0, 0.05) is 24.7 Å². The number of allylic oxidation sites excluding steroid dienone is 2. The van der Waals surface area contributed by atoms with E-state index in [2.05, 4.69) is 12.1 Å². The van der Waals surface area contributed by atoms with E-state index in [1.54, 1.807) is 49.8 Å². The van der Waals surface area contributed by atoms with Crippen LogP contribution in [0.5, 0.6) is 5.75 Å². The van der Waals surface area contributed by atoms with Crippen LogP contribution >= 0.6 is 11.6 Å². The molecule has 6 nitrogen and oxygen atoms in total. The molecule has 1 aliphatic heterocycles. The number of carbonyl (C=O) groups excluding carboxylic acids is 1. The number of rotatable bonds is 5. The summed E-state index contributed by atoms with van der Waals surface area (Å²) in [5.74, 6) is 0.520. The summed E-state index contributed by atoms with van der Waals surface area (Å²) >= 11 is 6.43. The van der Waals surface area contributed by atoms with Gasteiger partial charge in [0.25, 0.3) is 11.5 Å². The molecule has 0 unspecified atom stereocenters. The predicted octanol–water partition coefficient (Wildman–Crippen LogP) is 6.36. The number of pyridine rings is 1. The summed E-state index contributed by atoms with van der Waals surface area (Å²) < 4.78 is 7.12. The highest BCUT2D eigenvalue weighted by Crippen LogP contribution is 2.29. The summed E-state index contributed by atoms with van der Waals surface area (Å²) in [7, 11) is 1.66. The van der Waals surface area contributed by atoms with E-state index in [1.807, 2.05) is 18.2 Å². The lowest BCUT2D eigenvalue weighted by Crippen LogP contribution is -2.38. The average Bonchev–Trinajstić information content (AvgIpc) is 2.96. The predicted molar refractivity (Wildman–Crippen MR) is 149 cm³/mol. The van der Waals surface area contributed by atoms with Crippen molar-refractivity contribution in [3.05, 3.63) is 104 Å². The third kappa shape index (κ3) is 5.86. The Bertz CT molecular complexity index is 1420. The molecule has 2 aromatic carbocycles. The molecule has 4 rings (SSSR count). The van der Waals surface area contributed by atoms with E-state index in [-0.39, 0.29) is 17.3 Å². The van der Waals surface area contributed by atoms with Gasteiger partial charge in [-0.1, -0.05) is 47.5 Å². The van der Waals surface area contributed by atoms with Gasteiger partial charge in [0.2, 0.25) is 0 Å². The quantitative estimate of drug-likeness (QED) is 0.243. The van der Waals surface area contributed by atoms with E-state index in [1.165, 1.54) is 16.5 Å². The molecule has 2 heterocycles. The van der Waals surface area contributed by atoms with Crippen LogP contribution in [0, 0.1) is 12.3 Å². The second-order valence-corrected chi connectivity index (χ2v) is 9.78. The van der Waals surface area contributed by atoms with Gasteiger partial charge in [-0.25, -0.2) is 0 Å². The van der Waals surface area contributed by atoms with Crippen LogP contribution in [0.2, 0.25) is 5.02 Å². The zero-order valence-corrected chi connectivity index (χ0v) is 22.3. The first kappa shape index (κ1) is 26.4. The highest BCUT2D eigenvalue weighted by atomic mass is 35.5. The molecule has 1 amide bonds. The number of methoxy groups -OCH3 is 1. The van der Waals surface area contributed by atoms with E-state index in [4.69, 9.17) is 21.7 Å². The number of ether oxygens (including phenoxy) is 1. The normalized spacial score (nSPS) is 13.5. The fraction of sp³-hybridized carbons (Fsp3) is 0.300. The molecule has 1 aromatic heterocycles. The highest BCUT2D eigenvalue weighted by Gasteiger charge is 2.27. The van der Waals surface area contributed by atoms with Crippen molar-refractivity contribution in [2.24, 2.45) is 0 Å². The van der Waals surface area contributed by atoms with Gasteiger partial charge in [-0.2, -0.15) is 0 Å². The van der Waals surface area contributed by atoms with Gasteiger partial charge in [0.15, 0.2) is 0 Å². The number of hydrogen-bond acceptors (Lipinski definition) is 4. The molecule has 1 N–H and O–H groups in total. The van der Waals surface area contributed by atoms with E-state index in [0.717, 1.165) is 37.0 Å². The summed E-state index contributed by atoms with van der Waals surface area (Å²) in [6.45, 7) is 3.89. The van der Waals surface area contributed by atoms with Crippen molar-refractivity contribution in [2.45, 2.75) is 52.5 Å². The number of nitrogens with zero attached hydrogens (tertiary/aromatic N) is 2. The molecule has 7 heteroatoms. The molecule has 0 radical (unpaired) electrons. The van der Waals surface area contributed by atoms with Crippen LogP contribution < -0.4 is 15.2 Å². The lowest BCUT2D eigenvalue weighted by atomic mass is 9.97. The number of nitrogens with one attached hydrogen (secondary N) is 1. The maximum atomic E-state index is 14.0. The van der Waals surface area contributed by atoms with Crippen molar-refractivity contribution in [3.8, 4) is 5.75 Å². The minimum atomic E-state index is -0.358. The second-order valence-electron chi connectivity index (χ2n) is 9.37. The molecule has 1 aliphatic rings. The maximum absolute atomic E-state index is 14.0. The van der Waals surface area contributed by atoms with Crippen LogP contribution in [-0.2, 0) is 19.4 Å². The third-order valence-electron chi connectivity index (χ3n) is 6.74.